The summed E-state index contributed by atoms with van der Waals surface area (Å²) in [7, 11) is 0. The maximum Gasteiger partial charge on any atom is 0.405 e. The second-order valence-electron chi connectivity index (χ2n) is 3.41. The number of hydrogen-bond donors (Lipinski definition) is 1. The first-order chi connectivity index (χ1) is 8.96. The largest absolute Gasteiger partial charge is 0.405 e. The molecule has 0 aromatic carbocycles. The van der Waals surface area contributed by atoms with E-state index in [0.29, 0.717) is 10.8 Å². The molecule has 19 heavy (non-hydrogen) atoms. The van der Waals surface area contributed by atoms with Gasteiger partial charge in [-0.2, -0.15) is 13.2 Å². The van der Waals surface area contributed by atoms with Gasteiger partial charge in [0, 0.05) is 17.8 Å². The average Bonchev–Trinajstić information content (AvgIpc) is 2.86. The van der Waals surface area contributed by atoms with E-state index in [2.05, 4.69) is 15.0 Å². The summed E-state index contributed by atoms with van der Waals surface area (Å²) >= 11 is 1.09. The molecular formula is C10H7F3N4OS. The average molecular weight is 288 g/mol. The predicted octanol–water partition coefficient (Wildman–Crippen LogP) is 1.89. The van der Waals surface area contributed by atoms with Crippen molar-refractivity contribution in [2.24, 2.45) is 0 Å². The molecule has 0 unspecified atom stereocenters. The van der Waals surface area contributed by atoms with Gasteiger partial charge in [0.2, 0.25) is 0 Å². The van der Waals surface area contributed by atoms with Gasteiger partial charge in [-0.1, -0.05) is 0 Å². The van der Waals surface area contributed by atoms with Crippen molar-refractivity contribution in [2.75, 3.05) is 6.54 Å². The van der Waals surface area contributed by atoms with E-state index in [9.17, 15) is 18.0 Å². The Kier molecular flexibility index (Phi) is 3.74. The van der Waals surface area contributed by atoms with Crippen LogP contribution in [0.3, 0.4) is 0 Å². The molecule has 1 amide bonds. The lowest BCUT2D eigenvalue weighted by molar-refractivity contribution is -0.123. The number of carbonyl (C=O) groups is 1. The number of rotatable bonds is 3. The summed E-state index contributed by atoms with van der Waals surface area (Å²) in [5, 5.41) is 3.47. The SMILES string of the molecule is O=C(NCC(F)(F)F)c1csc(-c2ncccn2)n1. The zero-order valence-corrected chi connectivity index (χ0v) is 10.1. The molecule has 5 nitrogen and oxygen atoms in total. The van der Waals surface area contributed by atoms with Crippen molar-refractivity contribution in [3.63, 3.8) is 0 Å². The fraction of sp³-hybridized carbons (Fsp3) is 0.200. The maximum atomic E-state index is 11.9. The highest BCUT2D eigenvalue weighted by atomic mass is 32.1. The van der Waals surface area contributed by atoms with E-state index in [-0.39, 0.29) is 5.69 Å². The summed E-state index contributed by atoms with van der Waals surface area (Å²) in [5.41, 5.74) is -0.0864. The lowest BCUT2D eigenvalue weighted by Gasteiger charge is -2.06. The van der Waals surface area contributed by atoms with Gasteiger partial charge >= 0.3 is 6.18 Å². The topological polar surface area (TPSA) is 67.8 Å². The highest BCUT2D eigenvalue weighted by Gasteiger charge is 2.28. The minimum atomic E-state index is -4.45. The van der Waals surface area contributed by atoms with Crippen LogP contribution < -0.4 is 5.32 Å². The van der Waals surface area contributed by atoms with E-state index >= 15 is 0 Å². The number of hydrogen-bond acceptors (Lipinski definition) is 5. The number of halogens is 3. The minimum absolute atomic E-state index is 0.0864. The van der Waals surface area contributed by atoms with Crippen molar-refractivity contribution >= 4 is 17.2 Å². The van der Waals surface area contributed by atoms with Gasteiger partial charge in [-0.05, 0) is 6.07 Å². The van der Waals surface area contributed by atoms with Crippen molar-refractivity contribution in [1.29, 1.82) is 0 Å². The van der Waals surface area contributed by atoms with Crippen LogP contribution in [0.15, 0.2) is 23.8 Å². The molecule has 100 valence electrons. The molecular weight excluding hydrogens is 281 g/mol. The van der Waals surface area contributed by atoms with Crippen molar-refractivity contribution in [3.05, 3.63) is 29.5 Å². The number of amides is 1. The van der Waals surface area contributed by atoms with E-state index < -0.39 is 18.6 Å². The number of carbonyl (C=O) groups excluding carboxylic acids is 1. The first-order valence-electron chi connectivity index (χ1n) is 5.03. The smallest absolute Gasteiger partial charge is 0.342 e. The molecule has 0 saturated carbocycles. The molecule has 0 spiro atoms. The Labute approximate surface area is 109 Å². The Morgan fingerprint density at radius 1 is 1.32 bits per heavy atom. The molecule has 0 radical (unpaired) electrons. The summed E-state index contributed by atoms with van der Waals surface area (Å²) < 4.78 is 35.8. The molecule has 0 aliphatic rings. The standard InChI is InChI=1S/C10H7F3N4OS/c11-10(12,13)5-16-8(18)6-4-19-9(17-6)7-14-2-1-3-15-7/h1-4H,5H2,(H,16,18). The highest BCUT2D eigenvalue weighted by molar-refractivity contribution is 7.13. The van der Waals surface area contributed by atoms with Gasteiger partial charge in [-0.25, -0.2) is 15.0 Å². The Balaban J connectivity index is 2.07. The van der Waals surface area contributed by atoms with Gasteiger partial charge in [0.15, 0.2) is 10.8 Å². The number of aromatic nitrogens is 3. The van der Waals surface area contributed by atoms with Crippen LogP contribution in [0.2, 0.25) is 0 Å². The van der Waals surface area contributed by atoms with E-state index in [1.54, 1.807) is 11.4 Å². The van der Waals surface area contributed by atoms with Crippen LogP contribution in [0.1, 0.15) is 10.5 Å². The van der Waals surface area contributed by atoms with Crippen LogP contribution in [0.25, 0.3) is 10.8 Å². The summed E-state index contributed by atoms with van der Waals surface area (Å²) in [4.78, 5) is 23.2. The Hall–Kier alpha value is -2.03. The van der Waals surface area contributed by atoms with Crippen molar-refractivity contribution in [1.82, 2.24) is 20.3 Å². The van der Waals surface area contributed by atoms with Gasteiger partial charge in [0.1, 0.15) is 12.2 Å². The quantitative estimate of drug-likeness (QED) is 0.936. The van der Waals surface area contributed by atoms with Crippen LogP contribution in [0.5, 0.6) is 0 Å². The molecule has 2 aromatic rings. The zero-order valence-electron chi connectivity index (χ0n) is 9.31. The van der Waals surface area contributed by atoms with Gasteiger partial charge in [0.25, 0.3) is 5.91 Å². The third kappa shape index (κ3) is 3.71. The van der Waals surface area contributed by atoms with E-state index in [4.69, 9.17) is 0 Å². The predicted molar refractivity (Wildman–Crippen MR) is 61.5 cm³/mol. The zero-order chi connectivity index (χ0) is 13.9. The molecule has 2 rings (SSSR count). The van der Waals surface area contributed by atoms with Gasteiger partial charge in [0.05, 0.1) is 0 Å². The normalized spacial score (nSPS) is 11.3. The van der Waals surface area contributed by atoms with Crippen molar-refractivity contribution in [3.8, 4) is 10.8 Å². The second kappa shape index (κ2) is 5.31. The third-order valence-electron chi connectivity index (χ3n) is 1.94. The number of thiazole rings is 1. The van der Waals surface area contributed by atoms with Gasteiger partial charge in [-0.15, -0.1) is 11.3 Å². The van der Waals surface area contributed by atoms with E-state index in [0.717, 1.165) is 11.3 Å². The molecule has 1 N–H and O–H groups in total. The lowest BCUT2D eigenvalue weighted by atomic mass is 10.4. The summed E-state index contributed by atoms with van der Waals surface area (Å²) in [6, 6.07) is 1.62. The Bertz CT molecular complexity index is 570. The molecule has 0 atom stereocenters. The Morgan fingerprint density at radius 2 is 2.00 bits per heavy atom. The fourth-order valence-corrected chi connectivity index (χ4v) is 1.91. The Morgan fingerprint density at radius 3 is 2.63 bits per heavy atom. The fourth-order valence-electron chi connectivity index (χ4n) is 1.16. The number of nitrogens with zero attached hydrogens (tertiary/aromatic N) is 3. The summed E-state index contributed by atoms with van der Waals surface area (Å²) in [6.07, 6.45) is -1.43. The van der Waals surface area contributed by atoms with E-state index in [1.807, 2.05) is 0 Å². The highest BCUT2D eigenvalue weighted by Crippen LogP contribution is 2.19. The van der Waals surface area contributed by atoms with Crippen LogP contribution in [0, 0.1) is 0 Å². The number of nitrogens with one attached hydrogen (secondary N) is 1. The molecule has 0 saturated heterocycles. The lowest BCUT2D eigenvalue weighted by Crippen LogP contribution is -2.33. The molecule has 2 heterocycles. The monoisotopic (exact) mass is 288 g/mol. The summed E-state index contributed by atoms with van der Waals surface area (Å²) in [5.74, 6) is -0.557. The van der Waals surface area contributed by atoms with Crippen LogP contribution in [-0.4, -0.2) is 33.6 Å². The first-order valence-corrected chi connectivity index (χ1v) is 5.91. The summed E-state index contributed by atoms with van der Waals surface area (Å²) in [6.45, 7) is -1.39. The van der Waals surface area contributed by atoms with Crippen molar-refractivity contribution in [2.45, 2.75) is 6.18 Å². The van der Waals surface area contributed by atoms with Crippen molar-refractivity contribution < 1.29 is 18.0 Å². The molecule has 0 aliphatic heterocycles. The molecule has 0 aliphatic carbocycles. The maximum absolute atomic E-state index is 11.9. The number of alkyl halides is 3. The van der Waals surface area contributed by atoms with Gasteiger partial charge in [-0.3, -0.25) is 4.79 Å². The molecule has 0 fully saturated rings. The van der Waals surface area contributed by atoms with Gasteiger partial charge < -0.3 is 5.32 Å². The molecule has 9 heteroatoms. The van der Waals surface area contributed by atoms with Crippen LogP contribution in [0.4, 0.5) is 13.2 Å². The third-order valence-corrected chi connectivity index (χ3v) is 2.78. The molecule has 2 aromatic heterocycles. The van der Waals surface area contributed by atoms with Crippen LogP contribution >= 0.6 is 11.3 Å². The molecule has 0 bridgehead atoms. The second-order valence-corrected chi connectivity index (χ2v) is 4.27. The first kappa shape index (κ1) is 13.4. The van der Waals surface area contributed by atoms with Crippen LogP contribution in [-0.2, 0) is 0 Å². The minimum Gasteiger partial charge on any atom is -0.342 e. The van der Waals surface area contributed by atoms with E-state index in [1.165, 1.54) is 17.8 Å².